The van der Waals surface area contributed by atoms with E-state index in [-0.39, 0.29) is 0 Å². The summed E-state index contributed by atoms with van der Waals surface area (Å²) in [5.41, 5.74) is 11.2. The molecule has 7 aromatic carbocycles. The molecule has 0 N–H and O–H groups in total. The van der Waals surface area contributed by atoms with Gasteiger partial charge in [0, 0.05) is 54.0 Å². The van der Waals surface area contributed by atoms with Crippen LogP contribution in [0.2, 0.25) is 0 Å². The highest BCUT2D eigenvalue weighted by Gasteiger charge is 2.17. The molecule has 3 aromatic heterocycles. The summed E-state index contributed by atoms with van der Waals surface area (Å²) in [4.78, 5) is 9.72. The minimum Gasteiger partial charge on any atom is -0.309 e. The maximum Gasteiger partial charge on any atom is 0.159 e. The molecule has 10 rings (SSSR count). The Hall–Kier alpha value is -6.36. The summed E-state index contributed by atoms with van der Waals surface area (Å²) in [5.74, 6) is 0.709. The first-order chi connectivity index (χ1) is 24.8. The smallest absolute Gasteiger partial charge is 0.159 e. The molecule has 50 heavy (non-hydrogen) atoms. The number of aromatic nitrogens is 3. The number of hydrogen-bond donors (Lipinski definition) is 0. The Morgan fingerprint density at radius 2 is 1.10 bits per heavy atom. The molecule has 0 unspecified atom stereocenters. The Morgan fingerprint density at radius 3 is 1.94 bits per heavy atom. The third kappa shape index (κ3) is 4.73. The van der Waals surface area contributed by atoms with Crippen molar-refractivity contribution in [2.45, 2.75) is 0 Å². The first-order valence-corrected chi connectivity index (χ1v) is 17.6. The Labute approximate surface area is 293 Å². The Bertz CT molecular complexity index is 2850. The molecule has 0 aliphatic rings. The standard InChI is InChI=1S/C46H29N3S/c1-2-9-30(10-3-1)31-17-19-32(20-18-31)34-11-8-12-35(29-34)40-27-28-47-46(48-40)33-21-23-36(24-22-33)49-41-15-6-4-14-39(41)44-42(49)26-25-38-37-13-5-7-16-43(37)50-45(38)44/h1-29H. The second-order valence-corrected chi connectivity index (χ2v) is 13.7. The van der Waals surface area contributed by atoms with Crippen molar-refractivity contribution in [3.05, 3.63) is 176 Å². The van der Waals surface area contributed by atoms with Crippen LogP contribution in [0.25, 0.3) is 92.6 Å². The van der Waals surface area contributed by atoms with Crippen LogP contribution in [0.1, 0.15) is 0 Å². The van der Waals surface area contributed by atoms with E-state index in [2.05, 4.69) is 167 Å². The van der Waals surface area contributed by atoms with Gasteiger partial charge in [-0.3, -0.25) is 0 Å². The zero-order valence-corrected chi connectivity index (χ0v) is 27.8. The van der Waals surface area contributed by atoms with Crippen molar-refractivity contribution < 1.29 is 0 Å². The molecule has 3 heterocycles. The van der Waals surface area contributed by atoms with Crippen LogP contribution in [-0.2, 0) is 0 Å². The molecule has 3 nitrogen and oxygen atoms in total. The van der Waals surface area contributed by atoms with Crippen molar-refractivity contribution in [1.82, 2.24) is 14.5 Å². The van der Waals surface area contributed by atoms with Gasteiger partial charge in [-0.1, -0.05) is 115 Å². The van der Waals surface area contributed by atoms with E-state index in [1.165, 1.54) is 58.7 Å². The van der Waals surface area contributed by atoms with Gasteiger partial charge in [0.1, 0.15) is 0 Å². The number of hydrogen-bond acceptors (Lipinski definition) is 3. The average Bonchev–Trinajstić information content (AvgIpc) is 3.74. The monoisotopic (exact) mass is 655 g/mol. The van der Waals surface area contributed by atoms with Gasteiger partial charge in [-0.25, -0.2) is 9.97 Å². The van der Waals surface area contributed by atoms with Gasteiger partial charge in [-0.15, -0.1) is 11.3 Å². The SMILES string of the molecule is c1ccc(-c2ccc(-c3cccc(-c4ccnc(-c5ccc(-n6c7ccccc7c7c8sc9ccccc9c8ccc76)cc5)n4)c3)cc2)cc1. The van der Waals surface area contributed by atoms with Gasteiger partial charge in [-0.2, -0.15) is 0 Å². The van der Waals surface area contributed by atoms with Gasteiger partial charge in [0.15, 0.2) is 5.82 Å². The Kier molecular flexibility index (Phi) is 6.68. The number of rotatable bonds is 5. The summed E-state index contributed by atoms with van der Waals surface area (Å²) in [6.07, 6.45) is 1.86. The fraction of sp³-hybridized carbons (Fsp3) is 0. The van der Waals surface area contributed by atoms with Crippen LogP contribution in [0.3, 0.4) is 0 Å². The van der Waals surface area contributed by atoms with Crippen LogP contribution >= 0.6 is 11.3 Å². The van der Waals surface area contributed by atoms with Crippen molar-refractivity contribution >= 4 is 53.3 Å². The minimum atomic E-state index is 0.709. The number of fused-ring (bicyclic) bond motifs is 7. The van der Waals surface area contributed by atoms with Gasteiger partial charge in [0.05, 0.1) is 16.7 Å². The molecule has 0 saturated heterocycles. The van der Waals surface area contributed by atoms with Crippen LogP contribution < -0.4 is 0 Å². The van der Waals surface area contributed by atoms with E-state index in [1.807, 2.05) is 29.7 Å². The van der Waals surface area contributed by atoms with Crippen molar-refractivity contribution in [2.75, 3.05) is 0 Å². The first kappa shape index (κ1) is 28.6. The molecule has 0 radical (unpaired) electrons. The molecular weight excluding hydrogens is 627 g/mol. The molecule has 0 aliphatic carbocycles. The summed E-state index contributed by atoms with van der Waals surface area (Å²) < 4.78 is 5.05. The third-order valence-electron chi connectivity index (χ3n) is 9.70. The van der Waals surface area contributed by atoms with Crippen LogP contribution in [0.4, 0.5) is 0 Å². The predicted octanol–water partition coefficient (Wildman–Crippen LogP) is 12.6. The van der Waals surface area contributed by atoms with Crippen LogP contribution in [0.15, 0.2) is 176 Å². The minimum absolute atomic E-state index is 0.709. The molecule has 0 aliphatic heterocycles. The van der Waals surface area contributed by atoms with Gasteiger partial charge in [0.25, 0.3) is 0 Å². The second-order valence-electron chi connectivity index (χ2n) is 12.6. The lowest BCUT2D eigenvalue weighted by atomic mass is 9.98. The van der Waals surface area contributed by atoms with Crippen molar-refractivity contribution in [3.8, 4) is 50.6 Å². The zero-order valence-electron chi connectivity index (χ0n) is 27.0. The van der Waals surface area contributed by atoms with E-state index in [0.717, 1.165) is 28.1 Å². The van der Waals surface area contributed by atoms with E-state index < -0.39 is 0 Å². The summed E-state index contributed by atoms with van der Waals surface area (Å²) in [7, 11) is 0. The van der Waals surface area contributed by atoms with E-state index in [4.69, 9.17) is 4.98 Å². The van der Waals surface area contributed by atoms with Crippen LogP contribution in [-0.4, -0.2) is 14.5 Å². The number of thiophene rings is 1. The zero-order chi connectivity index (χ0) is 33.0. The number of para-hydroxylation sites is 1. The molecular formula is C46H29N3S. The lowest BCUT2D eigenvalue weighted by Gasteiger charge is -2.10. The van der Waals surface area contributed by atoms with Gasteiger partial charge < -0.3 is 4.57 Å². The highest BCUT2D eigenvalue weighted by molar-refractivity contribution is 7.26. The quantitative estimate of drug-likeness (QED) is 0.185. The highest BCUT2D eigenvalue weighted by Crippen LogP contribution is 2.43. The Balaban J connectivity index is 0.994. The maximum atomic E-state index is 5.03. The number of benzene rings is 7. The molecule has 0 saturated carbocycles. The van der Waals surface area contributed by atoms with E-state index >= 15 is 0 Å². The van der Waals surface area contributed by atoms with E-state index in [1.54, 1.807) is 0 Å². The third-order valence-corrected chi connectivity index (χ3v) is 10.9. The normalized spacial score (nSPS) is 11.6. The molecule has 0 fully saturated rings. The lowest BCUT2D eigenvalue weighted by Crippen LogP contribution is -1.95. The van der Waals surface area contributed by atoms with Gasteiger partial charge in [-0.05, 0) is 76.9 Å². The Morgan fingerprint density at radius 1 is 0.440 bits per heavy atom. The predicted molar refractivity (Wildman–Crippen MR) is 211 cm³/mol. The topological polar surface area (TPSA) is 30.7 Å². The summed E-state index contributed by atoms with van der Waals surface area (Å²) in [6.45, 7) is 0. The molecule has 10 aromatic rings. The van der Waals surface area contributed by atoms with Crippen molar-refractivity contribution in [3.63, 3.8) is 0 Å². The molecule has 0 bridgehead atoms. The summed E-state index contributed by atoms with van der Waals surface area (Å²) >= 11 is 1.88. The van der Waals surface area contributed by atoms with Gasteiger partial charge >= 0.3 is 0 Å². The molecule has 4 heteroatoms. The average molecular weight is 656 g/mol. The molecule has 0 amide bonds. The molecule has 0 atom stereocenters. The largest absolute Gasteiger partial charge is 0.309 e. The highest BCUT2D eigenvalue weighted by atomic mass is 32.1. The summed E-state index contributed by atoms with van der Waals surface area (Å²) in [5, 5.41) is 5.23. The fourth-order valence-electron chi connectivity index (χ4n) is 7.28. The van der Waals surface area contributed by atoms with Crippen LogP contribution in [0.5, 0.6) is 0 Å². The maximum absolute atomic E-state index is 5.03. The van der Waals surface area contributed by atoms with Gasteiger partial charge in [0.2, 0.25) is 0 Å². The molecule has 234 valence electrons. The van der Waals surface area contributed by atoms with E-state index in [0.29, 0.717) is 5.82 Å². The van der Waals surface area contributed by atoms with Crippen molar-refractivity contribution in [1.29, 1.82) is 0 Å². The molecule has 0 spiro atoms. The van der Waals surface area contributed by atoms with Crippen molar-refractivity contribution in [2.24, 2.45) is 0 Å². The summed E-state index contributed by atoms with van der Waals surface area (Å²) in [6, 6.07) is 60.5. The first-order valence-electron chi connectivity index (χ1n) is 16.8. The number of nitrogens with zero attached hydrogens (tertiary/aromatic N) is 3. The second kappa shape index (κ2) is 11.7. The lowest BCUT2D eigenvalue weighted by molar-refractivity contribution is 1.16. The fourth-order valence-corrected chi connectivity index (χ4v) is 8.53. The van der Waals surface area contributed by atoms with Crippen LogP contribution in [0, 0.1) is 0 Å². The van der Waals surface area contributed by atoms with E-state index in [9.17, 15) is 0 Å².